The van der Waals surface area contributed by atoms with Crippen molar-refractivity contribution < 1.29 is 22.0 Å². The molecule has 0 amide bonds. The highest BCUT2D eigenvalue weighted by molar-refractivity contribution is 4.48. The molecule has 0 saturated heterocycles. The molecule has 3 heteroatoms. The minimum atomic E-state index is 0. The molecule has 0 radical (unpaired) electrons. The number of hydrogen-bond donors (Lipinski definition) is 1. The molecule has 0 aliphatic carbocycles. The van der Waals surface area contributed by atoms with Crippen molar-refractivity contribution in [3.8, 4) is 0 Å². The molecule has 0 atom stereocenters. The van der Waals surface area contributed by atoms with Crippen molar-refractivity contribution in [3.05, 3.63) is 0 Å². The van der Waals surface area contributed by atoms with E-state index in [1.54, 1.807) is 0 Å². The summed E-state index contributed by atoms with van der Waals surface area (Å²) in [5.41, 5.74) is 0. The molecule has 0 fully saturated rings. The predicted molar refractivity (Wildman–Crippen MR) is 90.0 cm³/mol. The number of likely N-dealkylation sites (N-methyl/N-ethyl adjacent to an activating group) is 1. The van der Waals surface area contributed by atoms with Gasteiger partial charge in [-0.05, 0) is 12.8 Å². The van der Waals surface area contributed by atoms with Crippen LogP contribution in [0.25, 0.3) is 0 Å². The van der Waals surface area contributed by atoms with Gasteiger partial charge in [-0.15, -0.1) is 0 Å². The summed E-state index contributed by atoms with van der Waals surface area (Å²) < 4.78 is 0.967. The van der Waals surface area contributed by atoms with Gasteiger partial charge in [0.2, 0.25) is 0 Å². The number of aliphatic hydroxyl groups excluding tert-OH is 1. The molecule has 0 aliphatic rings. The van der Waals surface area contributed by atoms with Crippen LogP contribution >= 0.6 is 0 Å². The minimum absolute atomic E-state index is 0. The molecule has 0 saturated carbocycles. The van der Waals surface area contributed by atoms with E-state index < -0.39 is 0 Å². The van der Waals surface area contributed by atoms with E-state index in [2.05, 4.69) is 21.0 Å². The Morgan fingerprint density at radius 1 is 0.619 bits per heavy atom. The highest BCUT2D eigenvalue weighted by Gasteiger charge is 2.12. The van der Waals surface area contributed by atoms with Crippen LogP contribution in [-0.2, 0) is 0 Å². The van der Waals surface area contributed by atoms with Crippen LogP contribution in [0.3, 0.4) is 0 Å². The fourth-order valence-corrected chi connectivity index (χ4v) is 2.76. The van der Waals surface area contributed by atoms with E-state index in [9.17, 15) is 0 Å². The summed E-state index contributed by atoms with van der Waals surface area (Å²) in [6, 6.07) is 0. The average Bonchev–Trinajstić information content (AvgIpc) is 2.40. The normalized spacial score (nSPS) is 11.4. The van der Waals surface area contributed by atoms with Crippen LogP contribution in [0.4, 0.5) is 0 Å². The smallest absolute Gasteiger partial charge is 0.102 e. The molecule has 0 bridgehead atoms. The quantitative estimate of drug-likeness (QED) is 0.360. The van der Waals surface area contributed by atoms with E-state index >= 15 is 0 Å². The van der Waals surface area contributed by atoms with E-state index in [4.69, 9.17) is 5.11 Å². The third kappa shape index (κ3) is 18.2. The number of hydrogen-bond acceptors (Lipinski definition) is 1. The van der Waals surface area contributed by atoms with Gasteiger partial charge in [0.15, 0.2) is 0 Å². The zero-order chi connectivity index (χ0) is 15.1. The Balaban J connectivity index is 0. The van der Waals surface area contributed by atoms with Gasteiger partial charge < -0.3 is 22.0 Å². The Kier molecular flexibility index (Phi) is 18.5. The van der Waals surface area contributed by atoms with E-state index in [0.717, 1.165) is 11.0 Å². The third-order valence-corrected chi connectivity index (χ3v) is 4.32. The molecule has 0 aromatic carbocycles. The zero-order valence-electron chi connectivity index (χ0n) is 14.9. The summed E-state index contributed by atoms with van der Waals surface area (Å²) >= 11 is 0. The maximum atomic E-state index is 8.98. The summed E-state index contributed by atoms with van der Waals surface area (Å²) in [5.74, 6) is 0. The van der Waals surface area contributed by atoms with Gasteiger partial charge in [-0.3, -0.25) is 0 Å². The molecule has 0 spiro atoms. The summed E-state index contributed by atoms with van der Waals surface area (Å²) in [7, 11) is 4.43. The fraction of sp³-hybridized carbons (Fsp3) is 1.00. The standard InChI is InChI=1S/C18H40NO.ClH/c1-4-5-6-7-8-9-10-11-12-13-14-15-16-19(2,3)17-18-20;/h20H,4-18H2,1-3H3;1H/q+1;/p-1. The second-order valence-corrected chi connectivity index (χ2v) is 7.00. The highest BCUT2D eigenvalue weighted by Crippen LogP contribution is 2.12. The van der Waals surface area contributed by atoms with Crippen molar-refractivity contribution >= 4 is 0 Å². The maximum absolute atomic E-state index is 8.98. The van der Waals surface area contributed by atoms with Crippen LogP contribution in [0.15, 0.2) is 0 Å². The summed E-state index contributed by atoms with van der Waals surface area (Å²) in [4.78, 5) is 0. The van der Waals surface area contributed by atoms with E-state index in [-0.39, 0.29) is 12.4 Å². The SMILES string of the molecule is CCCCCCCCCCCCCC[N+](C)(C)CCO.[Cl-]. The molecule has 2 nitrogen and oxygen atoms in total. The average molecular weight is 322 g/mol. The summed E-state index contributed by atoms with van der Waals surface area (Å²) in [6.07, 6.45) is 16.9. The largest absolute Gasteiger partial charge is 1.00 e. The molecule has 21 heavy (non-hydrogen) atoms. The monoisotopic (exact) mass is 321 g/mol. The van der Waals surface area contributed by atoms with Gasteiger partial charge in [0.1, 0.15) is 6.54 Å². The Bertz CT molecular complexity index is 198. The van der Waals surface area contributed by atoms with Crippen molar-refractivity contribution in [2.45, 2.75) is 84.0 Å². The lowest BCUT2D eigenvalue weighted by Crippen LogP contribution is -3.00. The predicted octanol–water partition coefficient (Wildman–Crippen LogP) is 1.76. The number of aliphatic hydroxyl groups is 1. The lowest BCUT2D eigenvalue weighted by atomic mass is 10.1. The summed E-state index contributed by atoms with van der Waals surface area (Å²) in [6.45, 7) is 4.69. The van der Waals surface area contributed by atoms with E-state index in [1.807, 2.05) is 0 Å². The molecule has 0 aromatic heterocycles. The van der Waals surface area contributed by atoms with Gasteiger partial charge in [-0.25, -0.2) is 0 Å². The molecule has 0 heterocycles. The fourth-order valence-electron chi connectivity index (χ4n) is 2.76. The first kappa shape index (κ1) is 23.5. The van der Waals surface area contributed by atoms with Crippen molar-refractivity contribution in [3.63, 3.8) is 0 Å². The second kappa shape index (κ2) is 16.6. The Labute approximate surface area is 140 Å². The summed E-state index contributed by atoms with van der Waals surface area (Å²) in [5, 5.41) is 8.98. The van der Waals surface area contributed by atoms with Gasteiger partial charge in [0, 0.05) is 0 Å². The molecule has 130 valence electrons. The van der Waals surface area contributed by atoms with Crippen LogP contribution in [-0.4, -0.2) is 43.4 Å². The van der Waals surface area contributed by atoms with Gasteiger partial charge in [-0.1, -0.05) is 71.1 Å². The van der Waals surface area contributed by atoms with E-state index in [1.165, 1.54) is 83.6 Å². The number of quaternary nitrogens is 1. The first-order valence-corrected chi connectivity index (χ1v) is 9.05. The lowest BCUT2D eigenvalue weighted by Gasteiger charge is -2.28. The maximum Gasteiger partial charge on any atom is 0.102 e. The Hall–Kier alpha value is 0.210. The van der Waals surface area contributed by atoms with Crippen molar-refractivity contribution in [1.82, 2.24) is 0 Å². The number of nitrogens with zero attached hydrogens (tertiary/aromatic N) is 1. The number of rotatable bonds is 15. The van der Waals surface area contributed by atoms with Crippen LogP contribution in [0, 0.1) is 0 Å². The highest BCUT2D eigenvalue weighted by atomic mass is 35.5. The molecule has 1 N–H and O–H groups in total. The molecule has 0 aromatic rings. The van der Waals surface area contributed by atoms with Gasteiger partial charge >= 0.3 is 0 Å². The third-order valence-electron chi connectivity index (χ3n) is 4.32. The molecule has 0 aliphatic heterocycles. The second-order valence-electron chi connectivity index (χ2n) is 7.00. The minimum Gasteiger partial charge on any atom is -1.00 e. The molecular weight excluding hydrogens is 282 g/mol. The molecule has 0 rings (SSSR count). The molecule has 0 unspecified atom stereocenters. The topological polar surface area (TPSA) is 20.2 Å². The van der Waals surface area contributed by atoms with Crippen molar-refractivity contribution in [2.75, 3.05) is 33.8 Å². The van der Waals surface area contributed by atoms with Crippen LogP contribution in [0.2, 0.25) is 0 Å². The number of unbranched alkanes of at least 4 members (excludes halogenated alkanes) is 11. The molecular formula is C18H40ClNO. The van der Waals surface area contributed by atoms with Crippen molar-refractivity contribution in [2.24, 2.45) is 0 Å². The van der Waals surface area contributed by atoms with E-state index in [0.29, 0.717) is 6.61 Å². The van der Waals surface area contributed by atoms with Crippen LogP contribution in [0.5, 0.6) is 0 Å². The first-order chi connectivity index (χ1) is 9.62. The van der Waals surface area contributed by atoms with Crippen LogP contribution < -0.4 is 12.4 Å². The lowest BCUT2D eigenvalue weighted by molar-refractivity contribution is -0.890. The zero-order valence-corrected chi connectivity index (χ0v) is 15.6. The Morgan fingerprint density at radius 3 is 1.38 bits per heavy atom. The number of halogens is 1. The van der Waals surface area contributed by atoms with Gasteiger partial charge in [0.25, 0.3) is 0 Å². The first-order valence-electron chi connectivity index (χ1n) is 9.05. The van der Waals surface area contributed by atoms with Crippen LogP contribution in [0.1, 0.15) is 84.0 Å². The Morgan fingerprint density at radius 2 is 1.00 bits per heavy atom. The van der Waals surface area contributed by atoms with Gasteiger partial charge in [0.05, 0.1) is 27.2 Å². The van der Waals surface area contributed by atoms with Crippen molar-refractivity contribution in [1.29, 1.82) is 0 Å². The van der Waals surface area contributed by atoms with Gasteiger partial charge in [-0.2, -0.15) is 0 Å².